The van der Waals surface area contributed by atoms with Crippen molar-refractivity contribution in [3.05, 3.63) is 22.7 Å². The van der Waals surface area contributed by atoms with Gasteiger partial charge in [-0.25, -0.2) is 4.79 Å². The molecule has 2 aliphatic heterocycles. The number of nitrogen functional groups attached to an aromatic ring is 1. The number of aromatic nitrogens is 2. The quantitative estimate of drug-likeness (QED) is 0.649. The average molecular weight is 326 g/mol. The van der Waals surface area contributed by atoms with Crippen molar-refractivity contribution < 1.29 is 19.3 Å². The predicted molar refractivity (Wildman–Crippen MR) is 80.1 cm³/mol. The molecule has 1 aromatic heterocycles. The molecule has 1 aromatic rings. The number of hydrogen-bond acceptors (Lipinski definition) is 8. The lowest BCUT2D eigenvalue weighted by Gasteiger charge is -2.35. The summed E-state index contributed by atoms with van der Waals surface area (Å²) in [7, 11) is 0. The molecular weight excluding hydrogens is 304 g/mol. The Labute approximate surface area is 133 Å². The molecule has 5 N–H and O–H groups in total. The minimum atomic E-state index is -1.68. The second-order valence-corrected chi connectivity index (χ2v) is 5.92. The zero-order valence-electron chi connectivity index (χ0n) is 12.9. The average Bonchev–Trinajstić information content (AvgIpc) is 2.72. The highest BCUT2D eigenvalue weighted by atomic mass is 16.7. The Kier molecular flexibility index (Phi) is 4.39. The molecule has 0 radical (unpaired) electrons. The molecule has 2 saturated heterocycles. The third-order valence-electron chi connectivity index (χ3n) is 4.21. The first-order valence-electron chi connectivity index (χ1n) is 7.69. The first-order chi connectivity index (χ1) is 10.9. The molecule has 3 heterocycles. The molecule has 23 heavy (non-hydrogen) atoms. The standard InChI is InChI=1S/C14H22N4O5/c1-8-11(19)12(22-10-4-2-3-7-21-10)14(16,23-8)18-6-5-9(15)17-13(18)20/h5-6,8,10-12,19H,2-4,7,16H2,1H3,(H2,15,17,20)/t8-,10?,11-,12-,14+/m1/s1. The first-order valence-corrected chi connectivity index (χ1v) is 7.69. The van der Waals surface area contributed by atoms with Crippen LogP contribution in [0.25, 0.3) is 0 Å². The van der Waals surface area contributed by atoms with Gasteiger partial charge in [0.05, 0.1) is 6.10 Å². The smallest absolute Gasteiger partial charge is 0.352 e. The highest BCUT2D eigenvalue weighted by Gasteiger charge is 2.55. The SMILES string of the molecule is C[C@H]1O[C@@](N)(n2ccc(N)nc2=O)[C@H](OC2CCCCO2)[C@@H]1O. The normalized spacial score (nSPS) is 37.9. The van der Waals surface area contributed by atoms with Crippen molar-refractivity contribution in [3.63, 3.8) is 0 Å². The molecule has 0 bridgehead atoms. The maximum atomic E-state index is 12.1. The molecule has 1 unspecified atom stereocenters. The van der Waals surface area contributed by atoms with Crippen LogP contribution in [0.1, 0.15) is 26.2 Å². The molecule has 2 fully saturated rings. The van der Waals surface area contributed by atoms with Crippen LogP contribution in [0.2, 0.25) is 0 Å². The summed E-state index contributed by atoms with van der Waals surface area (Å²) in [5.41, 5.74) is 11.1. The van der Waals surface area contributed by atoms with Crippen LogP contribution in [-0.2, 0) is 20.1 Å². The van der Waals surface area contributed by atoms with Gasteiger partial charge in [-0.1, -0.05) is 0 Å². The van der Waals surface area contributed by atoms with E-state index in [-0.39, 0.29) is 5.82 Å². The highest BCUT2D eigenvalue weighted by molar-refractivity contribution is 5.24. The minimum absolute atomic E-state index is 0.0783. The van der Waals surface area contributed by atoms with Crippen LogP contribution in [0.4, 0.5) is 5.82 Å². The molecule has 0 aromatic carbocycles. The number of ether oxygens (including phenoxy) is 3. The molecule has 0 amide bonds. The topological polar surface area (TPSA) is 135 Å². The van der Waals surface area contributed by atoms with Gasteiger partial charge in [-0.05, 0) is 32.3 Å². The Balaban J connectivity index is 1.92. The number of nitrogens with two attached hydrogens (primary N) is 2. The Morgan fingerprint density at radius 2 is 2.30 bits per heavy atom. The lowest BCUT2D eigenvalue weighted by atomic mass is 10.1. The van der Waals surface area contributed by atoms with E-state index in [0.29, 0.717) is 13.0 Å². The Bertz CT molecular complexity index is 617. The molecule has 5 atom stereocenters. The van der Waals surface area contributed by atoms with E-state index in [4.69, 9.17) is 25.7 Å². The van der Waals surface area contributed by atoms with Crippen molar-refractivity contribution in [1.29, 1.82) is 0 Å². The van der Waals surface area contributed by atoms with Crippen LogP contribution in [0.3, 0.4) is 0 Å². The third kappa shape index (κ3) is 2.98. The molecule has 0 saturated carbocycles. The van der Waals surface area contributed by atoms with E-state index in [1.165, 1.54) is 12.3 Å². The van der Waals surface area contributed by atoms with Gasteiger partial charge in [0, 0.05) is 12.8 Å². The van der Waals surface area contributed by atoms with Gasteiger partial charge >= 0.3 is 5.69 Å². The van der Waals surface area contributed by atoms with Crippen molar-refractivity contribution in [3.8, 4) is 0 Å². The number of aliphatic hydroxyl groups is 1. The van der Waals surface area contributed by atoms with Gasteiger partial charge in [-0.15, -0.1) is 0 Å². The van der Waals surface area contributed by atoms with E-state index >= 15 is 0 Å². The lowest BCUT2D eigenvalue weighted by Crippen LogP contribution is -2.58. The summed E-state index contributed by atoms with van der Waals surface area (Å²) in [5.74, 6) is -1.60. The van der Waals surface area contributed by atoms with Crippen molar-refractivity contribution in [2.45, 2.75) is 56.6 Å². The largest absolute Gasteiger partial charge is 0.387 e. The van der Waals surface area contributed by atoms with Crippen molar-refractivity contribution in [2.24, 2.45) is 5.73 Å². The number of hydrogen-bond donors (Lipinski definition) is 3. The van der Waals surface area contributed by atoms with Crippen molar-refractivity contribution >= 4 is 5.82 Å². The summed E-state index contributed by atoms with van der Waals surface area (Å²) in [4.78, 5) is 15.8. The van der Waals surface area contributed by atoms with E-state index in [0.717, 1.165) is 17.4 Å². The fourth-order valence-electron chi connectivity index (χ4n) is 2.96. The van der Waals surface area contributed by atoms with E-state index in [1.807, 2.05) is 0 Å². The maximum Gasteiger partial charge on any atom is 0.352 e. The summed E-state index contributed by atoms with van der Waals surface area (Å²) in [6.07, 6.45) is 0.935. The maximum absolute atomic E-state index is 12.1. The van der Waals surface area contributed by atoms with Gasteiger partial charge in [0.15, 0.2) is 12.4 Å². The van der Waals surface area contributed by atoms with Crippen LogP contribution in [0.15, 0.2) is 17.1 Å². The molecule has 9 heteroatoms. The Morgan fingerprint density at radius 3 is 2.96 bits per heavy atom. The second-order valence-electron chi connectivity index (χ2n) is 5.92. The summed E-state index contributed by atoms with van der Waals surface area (Å²) < 4.78 is 18.1. The van der Waals surface area contributed by atoms with Gasteiger partial charge in [0.2, 0.25) is 5.85 Å². The van der Waals surface area contributed by atoms with E-state index < -0.39 is 36.1 Å². The van der Waals surface area contributed by atoms with Crippen LogP contribution >= 0.6 is 0 Å². The first kappa shape index (κ1) is 16.3. The monoisotopic (exact) mass is 326 g/mol. The van der Waals surface area contributed by atoms with E-state index in [1.54, 1.807) is 6.92 Å². The van der Waals surface area contributed by atoms with Crippen molar-refractivity contribution in [1.82, 2.24) is 9.55 Å². The fourth-order valence-corrected chi connectivity index (χ4v) is 2.96. The number of anilines is 1. The van der Waals surface area contributed by atoms with Crippen LogP contribution in [0, 0.1) is 0 Å². The fraction of sp³-hybridized carbons (Fsp3) is 0.714. The van der Waals surface area contributed by atoms with Crippen LogP contribution in [0.5, 0.6) is 0 Å². The number of rotatable bonds is 3. The second kappa shape index (κ2) is 6.17. The Morgan fingerprint density at radius 1 is 1.52 bits per heavy atom. The van der Waals surface area contributed by atoms with Gasteiger partial charge < -0.3 is 25.1 Å². The molecule has 3 rings (SSSR count). The summed E-state index contributed by atoms with van der Waals surface area (Å²) >= 11 is 0. The number of nitrogens with zero attached hydrogens (tertiary/aromatic N) is 2. The van der Waals surface area contributed by atoms with Crippen LogP contribution in [-0.4, -0.2) is 45.9 Å². The summed E-state index contributed by atoms with van der Waals surface area (Å²) in [6, 6.07) is 1.43. The van der Waals surface area contributed by atoms with Crippen LogP contribution < -0.4 is 17.2 Å². The van der Waals surface area contributed by atoms with E-state index in [9.17, 15) is 9.90 Å². The van der Waals surface area contributed by atoms with Gasteiger partial charge in [-0.2, -0.15) is 4.98 Å². The van der Waals surface area contributed by atoms with Crippen molar-refractivity contribution in [2.75, 3.05) is 12.3 Å². The molecule has 9 nitrogen and oxygen atoms in total. The lowest BCUT2D eigenvalue weighted by molar-refractivity contribution is -0.242. The Hall–Kier alpha value is -1.52. The molecule has 128 valence electrons. The molecule has 2 aliphatic rings. The number of aliphatic hydroxyl groups excluding tert-OH is 1. The molecular formula is C14H22N4O5. The van der Waals surface area contributed by atoms with E-state index in [2.05, 4.69) is 4.98 Å². The zero-order valence-corrected chi connectivity index (χ0v) is 12.9. The minimum Gasteiger partial charge on any atom is -0.387 e. The third-order valence-corrected chi connectivity index (χ3v) is 4.21. The van der Waals surface area contributed by atoms with Gasteiger partial charge in [-0.3, -0.25) is 10.3 Å². The zero-order chi connectivity index (χ0) is 16.6. The highest BCUT2D eigenvalue weighted by Crippen LogP contribution is 2.34. The molecule has 0 spiro atoms. The molecule has 0 aliphatic carbocycles. The predicted octanol–water partition coefficient (Wildman–Crippen LogP) is -0.914. The summed E-state index contributed by atoms with van der Waals surface area (Å²) in [5, 5.41) is 10.4. The summed E-state index contributed by atoms with van der Waals surface area (Å²) in [6.45, 7) is 2.25. The van der Waals surface area contributed by atoms with Gasteiger partial charge in [0.25, 0.3) is 0 Å². The van der Waals surface area contributed by atoms with Gasteiger partial charge in [0.1, 0.15) is 11.9 Å².